The normalized spacial score (nSPS) is 19.5. The van der Waals surface area contributed by atoms with Gasteiger partial charge in [-0.3, -0.25) is 34.0 Å². The molecule has 2 aliphatic rings. The Morgan fingerprint density at radius 3 is 2.82 bits per heavy atom. The summed E-state index contributed by atoms with van der Waals surface area (Å²) >= 11 is 0. The number of hydrogen-bond donors (Lipinski definition) is 0. The maximum atomic E-state index is 12.7. The molecule has 0 radical (unpaired) electrons. The van der Waals surface area contributed by atoms with Crippen LogP contribution >= 0.6 is 0 Å². The topological polar surface area (TPSA) is 84.2 Å². The first-order valence-corrected chi connectivity index (χ1v) is 9.40. The highest BCUT2D eigenvalue weighted by Crippen LogP contribution is 2.26. The summed E-state index contributed by atoms with van der Waals surface area (Å²) < 4.78 is 1.73. The van der Waals surface area contributed by atoms with Crippen molar-refractivity contribution >= 4 is 22.6 Å². The van der Waals surface area contributed by atoms with Crippen molar-refractivity contribution in [3.63, 3.8) is 0 Å². The van der Waals surface area contributed by atoms with Gasteiger partial charge < -0.3 is 0 Å². The summed E-state index contributed by atoms with van der Waals surface area (Å²) in [5.41, 5.74) is 2.40. The number of carbonyl (C=O) groups is 2. The molecule has 142 valence electrons. The first-order valence-electron chi connectivity index (χ1n) is 9.40. The van der Waals surface area contributed by atoms with E-state index in [0.29, 0.717) is 12.4 Å². The molecule has 2 aliphatic heterocycles. The number of nitrogens with zero attached hydrogens (tertiary/aromatic N) is 6. The Bertz CT molecular complexity index is 1090. The Balaban J connectivity index is 1.38. The number of hydrogen-bond acceptors (Lipinski definition) is 6. The number of pyridine rings is 2. The minimum atomic E-state index is -0.187. The van der Waals surface area contributed by atoms with Crippen LogP contribution in [0.3, 0.4) is 0 Å². The second-order valence-corrected chi connectivity index (χ2v) is 7.44. The monoisotopic (exact) mass is 376 g/mol. The average molecular weight is 376 g/mol. The smallest absolute Gasteiger partial charge is 0.247 e. The molecule has 2 fully saturated rings. The van der Waals surface area contributed by atoms with E-state index in [1.54, 1.807) is 23.3 Å². The van der Waals surface area contributed by atoms with Crippen molar-refractivity contribution in [2.24, 2.45) is 7.05 Å². The van der Waals surface area contributed by atoms with Crippen molar-refractivity contribution in [1.82, 2.24) is 29.5 Å². The predicted molar refractivity (Wildman–Crippen MR) is 102 cm³/mol. The molecule has 1 unspecified atom stereocenters. The Hall–Kier alpha value is -3.13. The molecule has 0 aliphatic carbocycles. The van der Waals surface area contributed by atoms with E-state index in [1.165, 1.54) is 4.90 Å². The summed E-state index contributed by atoms with van der Waals surface area (Å²) in [5.74, 6) is -0.251. The van der Waals surface area contributed by atoms with Gasteiger partial charge in [-0.15, -0.1) is 0 Å². The van der Waals surface area contributed by atoms with E-state index in [-0.39, 0.29) is 24.3 Å². The van der Waals surface area contributed by atoms with E-state index < -0.39 is 0 Å². The summed E-state index contributed by atoms with van der Waals surface area (Å²) in [5, 5.41) is 6.05. The highest BCUT2D eigenvalue weighted by atomic mass is 16.2. The van der Waals surface area contributed by atoms with Crippen LogP contribution in [0.15, 0.2) is 36.9 Å². The molecule has 0 bridgehead atoms. The highest BCUT2D eigenvalue weighted by Gasteiger charge is 2.43. The van der Waals surface area contributed by atoms with Crippen LogP contribution in [-0.2, 0) is 23.1 Å². The quantitative estimate of drug-likeness (QED) is 0.686. The van der Waals surface area contributed by atoms with Crippen molar-refractivity contribution in [3.05, 3.63) is 42.6 Å². The molecule has 0 spiro atoms. The molecule has 0 aromatic carbocycles. The van der Waals surface area contributed by atoms with Crippen molar-refractivity contribution in [1.29, 1.82) is 0 Å². The van der Waals surface area contributed by atoms with E-state index in [1.807, 2.05) is 25.4 Å². The Labute approximate surface area is 161 Å². The number of rotatable bonds is 3. The van der Waals surface area contributed by atoms with Gasteiger partial charge in [-0.1, -0.05) is 0 Å². The molecule has 2 saturated heterocycles. The molecule has 28 heavy (non-hydrogen) atoms. The molecule has 2 amide bonds. The number of imide groups is 1. The highest BCUT2D eigenvalue weighted by molar-refractivity contribution is 6.00. The zero-order valence-corrected chi connectivity index (χ0v) is 15.6. The lowest BCUT2D eigenvalue weighted by Crippen LogP contribution is -2.36. The molecule has 8 nitrogen and oxygen atoms in total. The Morgan fingerprint density at radius 1 is 1.18 bits per heavy atom. The zero-order valence-electron chi connectivity index (χ0n) is 15.6. The molecule has 3 aromatic heterocycles. The summed E-state index contributed by atoms with van der Waals surface area (Å²) in [6.07, 6.45) is 9.17. The Morgan fingerprint density at radius 2 is 2.04 bits per heavy atom. The van der Waals surface area contributed by atoms with Gasteiger partial charge in [-0.25, -0.2) is 0 Å². The van der Waals surface area contributed by atoms with Crippen molar-refractivity contribution in [2.45, 2.75) is 25.3 Å². The lowest BCUT2D eigenvalue weighted by Gasteiger charge is -2.15. The van der Waals surface area contributed by atoms with E-state index in [4.69, 9.17) is 0 Å². The predicted octanol–water partition coefficient (Wildman–Crippen LogP) is 1.36. The lowest BCUT2D eigenvalue weighted by molar-refractivity contribution is -0.142. The number of amides is 2. The van der Waals surface area contributed by atoms with E-state index in [0.717, 1.165) is 41.4 Å². The van der Waals surface area contributed by atoms with Crippen LogP contribution < -0.4 is 0 Å². The van der Waals surface area contributed by atoms with Gasteiger partial charge in [0.05, 0.1) is 36.7 Å². The van der Waals surface area contributed by atoms with Crippen LogP contribution in [0.4, 0.5) is 0 Å². The lowest BCUT2D eigenvalue weighted by atomic mass is 10.1. The molecular weight excluding hydrogens is 356 g/mol. The third kappa shape index (κ3) is 2.86. The van der Waals surface area contributed by atoms with Crippen LogP contribution in [0.2, 0.25) is 0 Å². The summed E-state index contributed by atoms with van der Waals surface area (Å²) in [6.45, 7) is 1.30. The fourth-order valence-electron chi connectivity index (χ4n) is 4.05. The minimum Gasteiger partial charge on any atom is -0.275 e. The van der Waals surface area contributed by atoms with Gasteiger partial charge in [-0.2, -0.15) is 5.10 Å². The fraction of sp³-hybridized carbons (Fsp3) is 0.350. The third-order valence-electron chi connectivity index (χ3n) is 5.53. The second kappa shape index (κ2) is 6.49. The first kappa shape index (κ1) is 17.0. The van der Waals surface area contributed by atoms with Gasteiger partial charge >= 0.3 is 0 Å². The standard InChI is InChI=1S/C20H20N6O2/c1-24-11-15(10-23-24)17-6-13-5-16(21-8-14(13)9-22-17)7-19(27)26-12-25-4-2-3-18(25)20(26)28/h5-6,8-11,18H,2-4,7,12H2,1H3. The van der Waals surface area contributed by atoms with Crippen LogP contribution in [-0.4, -0.2) is 60.6 Å². The van der Waals surface area contributed by atoms with Crippen molar-refractivity contribution in [2.75, 3.05) is 13.2 Å². The molecule has 8 heteroatoms. The van der Waals surface area contributed by atoms with E-state index in [9.17, 15) is 9.59 Å². The van der Waals surface area contributed by atoms with E-state index in [2.05, 4.69) is 20.0 Å². The third-order valence-corrected chi connectivity index (χ3v) is 5.53. The fourth-order valence-corrected chi connectivity index (χ4v) is 4.05. The molecular formula is C20H20N6O2. The first-order chi connectivity index (χ1) is 13.6. The minimum absolute atomic E-state index is 0.0636. The molecule has 0 saturated carbocycles. The second-order valence-electron chi connectivity index (χ2n) is 7.44. The number of aryl methyl sites for hydroxylation is 1. The van der Waals surface area contributed by atoms with Gasteiger partial charge in [0.2, 0.25) is 11.8 Å². The van der Waals surface area contributed by atoms with Crippen molar-refractivity contribution in [3.8, 4) is 11.3 Å². The molecule has 5 heterocycles. The molecule has 1 atom stereocenters. The van der Waals surface area contributed by atoms with Gasteiger partial charge in [0.1, 0.15) is 0 Å². The average Bonchev–Trinajstić information content (AvgIpc) is 3.39. The summed E-state index contributed by atoms with van der Waals surface area (Å²) in [4.78, 5) is 37.5. The zero-order chi connectivity index (χ0) is 19.3. The van der Waals surface area contributed by atoms with E-state index >= 15 is 0 Å². The number of fused-ring (bicyclic) bond motifs is 2. The van der Waals surface area contributed by atoms with Gasteiger partial charge in [-0.05, 0) is 30.4 Å². The summed E-state index contributed by atoms with van der Waals surface area (Å²) in [7, 11) is 1.86. The number of carbonyl (C=O) groups excluding carboxylic acids is 2. The van der Waals surface area contributed by atoms with Gasteiger partial charge in [0.15, 0.2) is 0 Å². The van der Waals surface area contributed by atoms with Crippen LogP contribution in [0.1, 0.15) is 18.5 Å². The maximum absolute atomic E-state index is 12.7. The maximum Gasteiger partial charge on any atom is 0.247 e. The van der Waals surface area contributed by atoms with Crippen LogP contribution in [0, 0.1) is 0 Å². The molecule has 0 N–H and O–H groups in total. The van der Waals surface area contributed by atoms with Crippen molar-refractivity contribution < 1.29 is 9.59 Å². The molecule has 3 aromatic rings. The largest absolute Gasteiger partial charge is 0.275 e. The van der Waals surface area contributed by atoms with Gasteiger partial charge in [0.25, 0.3) is 0 Å². The summed E-state index contributed by atoms with van der Waals surface area (Å²) in [6, 6.07) is 3.76. The van der Waals surface area contributed by atoms with Crippen LogP contribution in [0.25, 0.3) is 22.0 Å². The van der Waals surface area contributed by atoms with Crippen LogP contribution in [0.5, 0.6) is 0 Å². The Kier molecular flexibility index (Phi) is 3.94. The molecule has 5 rings (SSSR count). The van der Waals surface area contributed by atoms with Gasteiger partial charge in [0, 0.05) is 43.1 Å². The number of aromatic nitrogens is 4. The SMILES string of the molecule is Cn1cc(-c2cc3cc(CC(=O)N4CN5CCCC5C4=O)ncc3cn2)cn1.